The van der Waals surface area contributed by atoms with Crippen molar-refractivity contribution >= 4 is 11.9 Å². The van der Waals surface area contributed by atoms with Crippen molar-refractivity contribution in [2.24, 2.45) is 0 Å². The Hall–Kier alpha value is -1.88. The maximum absolute atomic E-state index is 12.8. The summed E-state index contributed by atoms with van der Waals surface area (Å²) >= 11 is 0. The van der Waals surface area contributed by atoms with E-state index in [2.05, 4.69) is 0 Å². The molecule has 1 atom stereocenters. The molecule has 0 saturated carbocycles. The van der Waals surface area contributed by atoms with E-state index in [4.69, 9.17) is 9.47 Å². The van der Waals surface area contributed by atoms with Crippen LogP contribution in [0.25, 0.3) is 0 Å². The summed E-state index contributed by atoms with van der Waals surface area (Å²) in [6.07, 6.45) is -0.146. The van der Waals surface area contributed by atoms with Gasteiger partial charge in [0.1, 0.15) is 0 Å². The van der Waals surface area contributed by atoms with Crippen LogP contribution in [-0.2, 0) is 19.1 Å². The monoisotopic (exact) mass is 333 g/mol. The Bertz CT molecular complexity index is 560. The number of carbonyl (C=O) groups is 2. The van der Waals surface area contributed by atoms with Crippen LogP contribution < -0.4 is 0 Å². The van der Waals surface area contributed by atoms with Gasteiger partial charge in [0.15, 0.2) is 0 Å². The predicted molar refractivity (Wildman–Crippen MR) is 91.4 cm³/mol. The molecule has 1 aromatic carbocycles. The number of hydrogen-bond acceptors (Lipinski definition) is 5. The molecule has 1 aromatic rings. The van der Waals surface area contributed by atoms with E-state index in [0.29, 0.717) is 13.0 Å². The summed E-state index contributed by atoms with van der Waals surface area (Å²) in [7, 11) is 0. The summed E-state index contributed by atoms with van der Waals surface area (Å²) in [4.78, 5) is 27.4. The molecule has 0 aliphatic carbocycles. The lowest BCUT2D eigenvalue weighted by Gasteiger charge is -2.51. The minimum Gasteiger partial charge on any atom is -0.461 e. The van der Waals surface area contributed by atoms with Gasteiger partial charge in [-0.3, -0.25) is 4.90 Å². The third kappa shape index (κ3) is 3.46. The molecule has 1 aliphatic heterocycles. The number of esters is 2. The molecule has 1 aliphatic rings. The second-order valence-corrected chi connectivity index (χ2v) is 6.80. The van der Waals surface area contributed by atoms with Crippen LogP contribution in [0.3, 0.4) is 0 Å². The maximum Gasteiger partial charge on any atom is 0.338 e. The first-order chi connectivity index (χ1) is 11.3. The van der Waals surface area contributed by atoms with Crippen molar-refractivity contribution in [2.45, 2.75) is 64.8 Å². The van der Waals surface area contributed by atoms with Gasteiger partial charge in [0.05, 0.1) is 12.2 Å². The molecule has 5 nitrogen and oxygen atoms in total. The van der Waals surface area contributed by atoms with Crippen LogP contribution in [0.15, 0.2) is 30.3 Å². The van der Waals surface area contributed by atoms with Crippen molar-refractivity contribution in [2.75, 3.05) is 6.54 Å². The second kappa shape index (κ2) is 7.34. The van der Waals surface area contributed by atoms with E-state index in [9.17, 15) is 9.59 Å². The first kappa shape index (κ1) is 18.5. The third-order valence-corrected chi connectivity index (χ3v) is 4.32. The highest BCUT2D eigenvalue weighted by Gasteiger charge is 2.61. The van der Waals surface area contributed by atoms with Crippen LogP contribution in [0.1, 0.15) is 52.6 Å². The van der Waals surface area contributed by atoms with E-state index >= 15 is 0 Å². The average Bonchev–Trinajstić information content (AvgIpc) is 2.45. The zero-order valence-corrected chi connectivity index (χ0v) is 15.1. The third-order valence-electron chi connectivity index (χ3n) is 4.32. The van der Waals surface area contributed by atoms with Gasteiger partial charge in [-0.1, -0.05) is 30.3 Å². The van der Waals surface area contributed by atoms with Gasteiger partial charge in [-0.2, -0.15) is 0 Å². The molecule has 1 saturated heterocycles. The van der Waals surface area contributed by atoms with Crippen LogP contribution in [-0.4, -0.2) is 41.1 Å². The van der Waals surface area contributed by atoms with E-state index in [0.717, 1.165) is 5.56 Å². The van der Waals surface area contributed by atoms with Crippen LogP contribution in [0.2, 0.25) is 0 Å². The zero-order chi connectivity index (χ0) is 17.9. The quantitative estimate of drug-likeness (QED) is 0.591. The maximum atomic E-state index is 12.8. The fourth-order valence-corrected chi connectivity index (χ4v) is 3.05. The van der Waals surface area contributed by atoms with Crippen molar-refractivity contribution in [1.82, 2.24) is 4.90 Å². The summed E-state index contributed by atoms with van der Waals surface area (Å²) < 4.78 is 10.8. The highest BCUT2D eigenvalue weighted by Crippen LogP contribution is 2.41. The SMILES string of the molecule is CC(C)OC(=O)C1(C(=O)OC(C)C)CCN1[C@@H](C)c1ccccc1. The Kier molecular flexibility index (Phi) is 5.65. The van der Waals surface area contributed by atoms with Crippen LogP contribution in [0, 0.1) is 0 Å². The molecule has 0 bridgehead atoms. The minimum absolute atomic E-state index is 0.0839. The summed E-state index contributed by atoms with van der Waals surface area (Å²) in [5, 5.41) is 0. The van der Waals surface area contributed by atoms with Crippen LogP contribution >= 0.6 is 0 Å². The predicted octanol–water partition coefficient (Wildman–Crippen LogP) is 3.10. The number of rotatable bonds is 6. The number of nitrogens with zero attached hydrogens (tertiary/aromatic N) is 1. The highest BCUT2D eigenvalue weighted by molar-refractivity contribution is 6.06. The largest absolute Gasteiger partial charge is 0.461 e. The Morgan fingerprint density at radius 2 is 1.46 bits per heavy atom. The van der Waals surface area contributed by atoms with Crippen molar-refractivity contribution < 1.29 is 19.1 Å². The van der Waals surface area contributed by atoms with Gasteiger partial charge in [0, 0.05) is 19.0 Å². The number of ether oxygens (including phenoxy) is 2. The summed E-state index contributed by atoms with van der Waals surface area (Å²) in [5.74, 6) is -1.03. The lowest BCUT2D eigenvalue weighted by Crippen LogP contribution is -2.70. The van der Waals surface area contributed by atoms with Crippen molar-refractivity contribution in [3.63, 3.8) is 0 Å². The van der Waals surface area contributed by atoms with E-state index in [1.807, 2.05) is 42.2 Å². The minimum atomic E-state index is -1.34. The Morgan fingerprint density at radius 1 is 0.958 bits per heavy atom. The highest BCUT2D eigenvalue weighted by atomic mass is 16.6. The molecule has 2 rings (SSSR count). The molecule has 0 aromatic heterocycles. The second-order valence-electron chi connectivity index (χ2n) is 6.80. The van der Waals surface area contributed by atoms with E-state index in [1.54, 1.807) is 27.7 Å². The Balaban J connectivity index is 2.32. The molecular formula is C19H27NO4. The summed E-state index contributed by atoms with van der Waals surface area (Å²) in [6, 6.07) is 9.75. The molecular weight excluding hydrogens is 306 g/mol. The first-order valence-electron chi connectivity index (χ1n) is 8.53. The molecule has 0 amide bonds. The fourth-order valence-electron chi connectivity index (χ4n) is 3.05. The lowest BCUT2D eigenvalue weighted by molar-refractivity contribution is -0.195. The number of hydrogen-bond donors (Lipinski definition) is 0. The Morgan fingerprint density at radius 3 is 1.83 bits per heavy atom. The molecule has 5 heteroatoms. The van der Waals surface area contributed by atoms with Crippen molar-refractivity contribution in [3.05, 3.63) is 35.9 Å². The molecule has 132 valence electrons. The molecule has 0 N–H and O–H groups in total. The molecule has 24 heavy (non-hydrogen) atoms. The van der Waals surface area contributed by atoms with E-state index < -0.39 is 17.5 Å². The van der Waals surface area contributed by atoms with E-state index in [-0.39, 0.29) is 18.2 Å². The number of likely N-dealkylation sites (tertiary alicyclic amines) is 1. The molecule has 1 heterocycles. The fraction of sp³-hybridized carbons (Fsp3) is 0.579. The molecule has 0 unspecified atom stereocenters. The normalized spacial score (nSPS) is 18.1. The van der Waals surface area contributed by atoms with Crippen LogP contribution in [0.4, 0.5) is 0 Å². The standard InChI is InChI=1S/C19H27NO4/c1-13(2)23-17(21)19(18(22)24-14(3)4)11-12-20(19)15(5)16-9-7-6-8-10-16/h6-10,13-15H,11-12H2,1-5H3/t15-/m0/s1. The first-order valence-corrected chi connectivity index (χ1v) is 8.53. The zero-order valence-electron chi connectivity index (χ0n) is 15.1. The topological polar surface area (TPSA) is 55.8 Å². The van der Waals surface area contributed by atoms with Gasteiger partial charge < -0.3 is 9.47 Å². The summed E-state index contributed by atoms with van der Waals surface area (Å²) in [6.45, 7) is 9.77. The Labute approximate surface area is 143 Å². The average molecular weight is 333 g/mol. The van der Waals surface area contributed by atoms with E-state index in [1.165, 1.54) is 0 Å². The van der Waals surface area contributed by atoms with Crippen molar-refractivity contribution in [1.29, 1.82) is 0 Å². The van der Waals surface area contributed by atoms with Gasteiger partial charge in [-0.25, -0.2) is 9.59 Å². The van der Waals surface area contributed by atoms with Gasteiger partial charge in [0.25, 0.3) is 0 Å². The summed E-state index contributed by atoms with van der Waals surface area (Å²) in [5.41, 5.74) is -0.291. The van der Waals surface area contributed by atoms with Crippen molar-refractivity contribution in [3.8, 4) is 0 Å². The molecule has 0 radical (unpaired) electrons. The van der Waals surface area contributed by atoms with Gasteiger partial charge in [-0.05, 0) is 40.2 Å². The smallest absolute Gasteiger partial charge is 0.338 e. The number of benzene rings is 1. The van der Waals surface area contributed by atoms with Crippen LogP contribution in [0.5, 0.6) is 0 Å². The van der Waals surface area contributed by atoms with Gasteiger partial charge >= 0.3 is 11.9 Å². The molecule has 1 fully saturated rings. The lowest BCUT2D eigenvalue weighted by atomic mass is 9.81. The molecule has 0 spiro atoms. The number of carbonyl (C=O) groups excluding carboxylic acids is 2. The van der Waals surface area contributed by atoms with Gasteiger partial charge in [-0.15, -0.1) is 0 Å². The van der Waals surface area contributed by atoms with Gasteiger partial charge in [0.2, 0.25) is 5.54 Å².